The van der Waals surface area contributed by atoms with Gasteiger partial charge in [-0.2, -0.15) is 0 Å². The maximum Gasteiger partial charge on any atom is 0.186 e. The molecule has 0 N–H and O–H groups in total. The number of nitrogens with zero attached hydrogens (tertiary/aromatic N) is 5. The Hall–Kier alpha value is -1.60. The van der Waals surface area contributed by atoms with Crippen LogP contribution in [0.25, 0.3) is 0 Å². The molecular formula is C16H17BrFN5. The third-order valence-corrected chi connectivity index (χ3v) is 5.10. The highest BCUT2D eigenvalue weighted by Crippen LogP contribution is 2.37. The Morgan fingerprint density at radius 1 is 1.22 bits per heavy atom. The molecule has 2 aromatic heterocycles. The lowest BCUT2D eigenvalue weighted by Crippen LogP contribution is -2.69. The van der Waals surface area contributed by atoms with Gasteiger partial charge in [0.15, 0.2) is 11.6 Å². The number of hydrogen-bond acceptors (Lipinski definition) is 5. The molecule has 5 heterocycles. The Kier molecular flexibility index (Phi) is 3.77. The van der Waals surface area contributed by atoms with Crippen molar-refractivity contribution in [2.24, 2.45) is 0 Å². The zero-order valence-electron chi connectivity index (χ0n) is 12.8. The molecule has 0 radical (unpaired) electrons. The molecule has 2 atom stereocenters. The van der Waals surface area contributed by atoms with E-state index in [1.807, 2.05) is 18.3 Å². The van der Waals surface area contributed by atoms with Gasteiger partial charge in [0.1, 0.15) is 6.33 Å². The van der Waals surface area contributed by atoms with Gasteiger partial charge in [0.25, 0.3) is 0 Å². The van der Waals surface area contributed by atoms with Crippen molar-refractivity contribution in [1.82, 2.24) is 19.9 Å². The van der Waals surface area contributed by atoms with Crippen LogP contribution in [0.4, 0.5) is 10.2 Å². The van der Waals surface area contributed by atoms with E-state index in [-0.39, 0.29) is 5.82 Å². The SMILES string of the molecule is Cc1ncnc(N2C3CC2CN(Cc2ccc(Br)cn2)C3)c1F. The van der Waals surface area contributed by atoms with Crippen LogP contribution in [-0.4, -0.2) is 45.0 Å². The smallest absolute Gasteiger partial charge is 0.186 e. The molecule has 3 saturated heterocycles. The minimum absolute atomic E-state index is 0.287. The van der Waals surface area contributed by atoms with Crippen molar-refractivity contribution in [2.45, 2.75) is 32.0 Å². The van der Waals surface area contributed by atoms with Gasteiger partial charge in [-0.3, -0.25) is 9.88 Å². The first-order chi connectivity index (χ1) is 11.1. The lowest BCUT2D eigenvalue weighted by atomic mass is 9.87. The molecule has 0 aromatic carbocycles. The maximum atomic E-state index is 14.3. The summed E-state index contributed by atoms with van der Waals surface area (Å²) < 4.78 is 15.3. The van der Waals surface area contributed by atoms with Crippen molar-refractivity contribution in [3.63, 3.8) is 0 Å². The minimum Gasteiger partial charge on any atom is -0.345 e. The molecule has 23 heavy (non-hydrogen) atoms. The first-order valence-corrected chi connectivity index (χ1v) is 8.49. The molecule has 2 unspecified atom stereocenters. The van der Waals surface area contributed by atoms with Crippen molar-refractivity contribution in [1.29, 1.82) is 0 Å². The number of halogens is 2. The average molecular weight is 378 g/mol. The number of aryl methyl sites for hydroxylation is 1. The normalized spacial score (nSPS) is 23.7. The monoisotopic (exact) mass is 377 g/mol. The fraction of sp³-hybridized carbons (Fsp3) is 0.438. The highest BCUT2D eigenvalue weighted by molar-refractivity contribution is 9.10. The summed E-state index contributed by atoms with van der Waals surface area (Å²) in [6.07, 6.45) is 4.38. The predicted octanol–water partition coefficient (Wildman–Crippen LogP) is 2.54. The number of piperidine rings is 1. The summed E-state index contributed by atoms with van der Waals surface area (Å²) in [6, 6.07) is 4.70. The Bertz CT molecular complexity index is 711. The molecule has 3 fully saturated rings. The largest absolute Gasteiger partial charge is 0.345 e. The van der Waals surface area contributed by atoms with Crippen molar-refractivity contribution >= 4 is 21.7 Å². The van der Waals surface area contributed by atoms with Gasteiger partial charge in [-0.15, -0.1) is 0 Å². The number of hydrogen-bond donors (Lipinski definition) is 0. The van der Waals surface area contributed by atoms with Crippen molar-refractivity contribution in [2.75, 3.05) is 18.0 Å². The third kappa shape index (κ3) is 2.72. The lowest BCUT2D eigenvalue weighted by molar-refractivity contribution is 0.105. The molecule has 0 saturated carbocycles. The summed E-state index contributed by atoms with van der Waals surface area (Å²) in [7, 11) is 0. The molecule has 0 amide bonds. The highest BCUT2D eigenvalue weighted by Gasteiger charge is 2.46. The van der Waals surface area contributed by atoms with Crippen LogP contribution in [0.5, 0.6) is 0 Å². The maximum absolute atomic E-state index is 14.3. The van der Waals surface area contributed by atoms with Crippen molar-refractivity contribution in [3.05, 3.63) is 46.3 Å². The number of aromatic nitrogens is 3. The van der Waals surface area contributed by atoms with Gasteiger partial charge in [-0.25, -0.2) is 14.4 Å². The van der Waals surface area contributed by atoms with Gasteiger partial charge < -0.3 is 4.90 Å². The van der Waals surface area contributed by atoms with Crippen LogP contribution in [0.2, 0.25) is 0 Å². The van der Waals surface area contributed by atoms with Crippen molar-refractivity contribution < 1.29 is 4.39 Å². The highest BCUT2D eigenvalue weighted by atomic mass is 79.9. The summed E-state index contributed by atoms with van der Waals surface area (Å²) in [5, 5.41) is 0. The Balaban J connectivity index is 1.46. The van der Waals surface area contributed by atoms with E-state index < -0.39 is 0 Å². The van der Waals surface area contributed by atoms with Crippen LogP contribution in [-0.2, 0) is 6.54 Å². The summed E-state index contributed by atoms with van der Waals surface area (Å²) in [4.78, 5) is 17.0. The molecule has 2 aromatic rings. The predicted molar refractivity (Wildman–Crippen MR) is 88.6 cm³/mol. The molecule has 3 aliphatic rings. The molecule has 2 bridgehead atoms. The number of pyridine rings is 1. The Morgan fingerprint density at radius 3 is 2.70 bits per heavy atom. The van der Waals surface area contributed by atoms with Crippen LogP contribution in [0, 0.1) is 12.7 Å². The second-order valence-electron chi connectivity index (χ2n) is 6.21. The van der Waals surface area contributed by atoms with E-state index >= 15 is 0 Å². The van der Waals surface area contributed by atoms with E-state index in [0.717, 1.165) is 36.2 Å². The first-order valence-electron chi connectivity index (χ1n) is 7.70. The van der Waals surface area contributed by atoms with Gasteiger partial charge in [0, 0.05) is 42.4 Å². The standard InChI is InChI=1S/C16H17BrFN5/c1-10-15(18)16(21-9-20-10)23-13-4-14(23)8-22(7-13)6-12-3-2-11(17)5-19-12/h2-3,5,9,13-14H,4,6-8H2,1H3. The summed E-state index contributed by atoms with van der Waals surface area (Å²) in [5.41, 5.74) is 1.47. The average Bonchev–Trinajstić information content (AvgIpc) is 2.54. The summed E-state index contributed by atoms with van der Waals surface area (Å²) >= 11 is 3.40. The van der Waals surface area contributed by atoms with Gasteiger partial charge in [0.2, 0.25) is 0 Å². The molecule has 5 nitrogen and oxygen atoms in total. The number of rotatable bonds is 3. The van der Waals surface area contributed by atoms with Crippen LogP contribution >= 0.6 is 15.9 Å². The van der Waals surface area contributed by atoms with Gasteiger partial charge in [-0.1, -0.05) is 0 Å². The lowest BCUT2D eigenvalue weighted by Gasteiger charge is -2.57. The zero-order valence-corrected chi connectivity index (χ0v) is 14.4. The van der Waals surface area contributed by atoms with E-state index in [2.05, 4.69) is 40.7 Å². The number of piperazine rings is 1. The molecule has 7 heteroatoms. The molecule has 3 aliphatic heterocycles. The fourth-order valence-corrected chi connectivity index (χ4v) is 3.76. The molecular weight excluding hydrogens is 361 g/mol. The summed E-state index contributed by atoms with van der Waals surface area (Å²) in [5.74, 6) is 0.172. The summed E-state index contributed by atoms with van der Waals surface area (Å²) in [6.45, 7) is 4.34. The van der Waals surface area contributed by atoms with E-state index in [1.165, 1.54) is 6.33 Å². The topological polar surface area (TPSA) is 45.2 Å². The van der Waals surface area contributed by atoms with Crippen molar-refractivity contribution in [3.8, 4) is 0 Å². The molecule has 0 aliphatic carbocycles. The van der Waals surface area contributed by atoms with Crippen LogP contribution in [0.3, 0.4) is 0 Å². The van der Waals surface area contributed by atoms with E-state index in [4.69, 9.17) is 0 Å². The third-order valence-electron chi connectivity index (χ3n) is 4.63. The van der Waals surface area contributed by atoms with Gasteiger partial charge >= 0.3 is 0 Å². The van der Waals surface area contributed by atoms with Crippen LogP contribution in [0.15, 0.2) is 29.1 Å². The number of anilines is 1. The van der Waals surface area contributed by atoms with Gasteiger partial charge in [0.05, 0.1) is 11.4 Å². The minimum atomic E-state index is -0.287. The fourth-order valence-electron chi connectivity index (χ4n) is 3.53. The first kappa shape index (κ1) is 15.0. The van der Waals surface area contributed by atoms with Crippen LogP contribution < -0.4 is 4.90 Å². The molecule has 120 valence electrons. The number of fused-ring (bicyclic) bond motifs is 2. The second kappa shape index (κ2) is 5.79. The van der Waals surface area contributed by atoms with Crippen LogP contribution in [0.1, 0.15) is 17.8 Å². The zero-order chi connectivity index (χ0) is 16.0. The molecule has 0 spiro atoms. The van der Waals surface area contributed by atoms with E-state index in [0.29, 0.717) is 23.6 Å². The Labute approximate surface area is 142 Å². The molecule has 5 rings (SSSR count). The second-order valence-corrected chi connectivity index (χ2v) is 7.12. The Morgan fingerprint density at radius 2 is 2.00 bits per heavy atom. The van der Waals surface area contributed by atoms with E-state index in [1.54, 1.807) is 6.92 Å². The van der Waals surface area contributed by atoms with Gasteiger partial charge in [-0.05, 0) is 41.4 Å². The quantitative estimate of drug-likeness (QED) is 0.822. The van der Waals surface area contributed by atoms with E-state index in [9.17, 15) is 4.39 Å².